The number of carbonyl (C=O) groups excluding carboxylic acids is 1. The average molecular weight is 210 g/mol. The third-order valence-electron chi connectivity index (χ3n) is 3.83. The van der Waals surface area contributed by atoms with E-state index in [4.69, 9.17) is 4.74 Å². The van der Waals surface area contributed by atoms with Gasteiger partial charge in [-0.15, -0.1) is 0 Å². The molecule has 2 fully saturated rings. The third kappa shape index (κ3) is 2.60. The summed E-state index contributed by atoms with van der Waals surface area (Å²) in [6.45, 7) is 5.32. The number of hydrogen-bond acceptors (Lipinski definition) is 2. The number of ketones is 1. The molecule has 86 valence electrons. The number of rotatable bonds is 2. The van der Waals surface area contributed by atoms with Crippen molar-refractivity contribution in [1.29, 1.82) is 0 Å². The molecule has 1 saturated heterocycles. The Morgan fingerprint density at radius 1 is 1.13 bits per heavy atom. The highest BCUT2D eigenvalue weighted by molar-refractivity contribution is 5.85. The van der Waals surface area contributed by atoms with E-state index in [1.807, 2.05) is 0 Å². The minimum Gasteiger partial charge on any atom is -0.370 e. The quantitative estimate of drug-likeness (QED) is 0.700. The lowest BCUT2D eigenvalue weighted by molar-refractivity contribution is -0.133. The second kappa shape index (κ2) is 4.65. The van der Waals surface area contributed by atoms with E-state index in [9.17, 15) is 4.79 Å². The minimum atomic E-state index is -0.0625. The van der Waals surface area contributed by atoms with Crippen LogP contribution in [0.2, 0.25) is 0 Å². The zero-order valence-electron chi connectivity index (χ0n) is 9.87. The standard InChI is InChI=1S/C13H22O2/c1-9-6-10(2)8-11(7-9)13(14)12-4-3-5-15-12/h9-12H,3-8H2,1-2H3. The van der Waals surface area contributed by atoms with Crippen LogP contribution in [0.15, 0.2) is 0 Å². The Hall–Kier alpha value is -0.370. The summed E-state index contributed by atoms with van der Waals surface area (Å²) in [7, 11) is 0. The highest BCUT2D eigenvalue weighted by Gasteiger charge is 2.34. The van der Waals surface area contributed by atoms with Gasteiger partial charge in [0.15, 0.2) is 5.78 Å². The summed E-state index contributed by atoms with van der Waals surface area (Å²) < 4.78 is 5.49. The van der Waals surface area contributed by atoms with Gasteiger partial charge in [-0.05, 0) is 43.9 Å². The lowest BCUT2D eigenvalue weighted by atomic mass is 9.74. The molecule has 0 bridgehead atoms. The lowest BCUT2D eigenvalue weighted by Gasteiger charge is -2.31. The van der Waals surface area contributed by atoms with Crippen molar-refractivity contribution < 1.29 is 9.53 Å². The van der Waals surface area contributed by atoms with Gasteiger partial charge in [0.1, 0.15) is 6.10 Å². The maximum Gasteiger partial charge on any atom is 0.164 e. The normalized spacial score (nSPS) is 41.7. The molecule has 1 saturated carbocycles. The molecule has 2 rings (SSSR count). The summed E-state index contributed by atoms with van der Waals surface area (Å²) in [4.78, 5) is 12.2. The molecule has 3 unspecified atom stereocenters. The molecule has 2 aliphatic rings. The summed E-state index contributed by atoms with van der Waals surface area (Å²) in [5.74, 6) is 2.10. The van der Waals surface area contributed by atoms with E-state index in [2.05, 4.69) is 13.8 Å². The first kappa shape index (κ1) is 11.1. The van der Waals surface area contributed by atoms with Crippen molar-refractivity contribution in [2.45, 2.75) is 52.1 Å². The van der Waals surface area contributed by atoms with Gasteiger partial charge in [-0.3, -0.25) is 4.79 Å². The SMILES string of the molecule is CC1CC(C)CC(C(=O)C2CCCO2)C1. The van der Waals surface area contributed by atoms with Crippen LogP contribution in [-0.4, -0.2) is 18.5 Å². The van der Waals surface area contributed by atoms with Crippen LogP contribution in [-0.2, 0) is 9.53 Å². The highest BCUT2D eigenvalue weighted by Crippen LogP contribution is 2.35. The molecular weight excluding hydrogens is 188 g/mol. The van der Waals surface area contributed by atoms with Crippen LogP contribution >= 0.6 is 0 Å². The van der Waals surface area contributed by atoms with Crippen molar-refractivity contribution in [3.63, 3.8) is 0 Å². The second-order valence-electron chi connectivity index (χ2n) is 5.52. The van der Waals surface area contributed by atoms with Gasteiger partial charge in [0.25, 0.3) is 0 Å². The highest BCUT2D eigenvalue weighted by atomic mass is 16.5. The Morgan fingerprint density at radius 3 is 2.33 bits per heavy atom. The van der Waals surface area contributed by atoms with E-state index in [0.717, 1.165) is 32.3 Å². The summed E-state index contributed by atoms with van der Waals surface area (Å²) in [5, 5.41) is 0. The largest absolute Gasteiger partial charge is 0.370 e. The number of Topliss-reactive ketones (excluding diaryl/α,β-unsaturated/α-hetero) is 1. The number of ether oxygens (including phenoxy) is 1. The van der Waals surface area contributed by atoms with Crippen molar-refractivity contribution in [3.05, 3.63) is 0 Å². The van der Waals surface area contributed by atoms with Crippen molar-refractivity contribution >= 4 is 5.78 Å². The summed E-state index contributed by atoms with van der Waals surface area (Å²) in [6.07, 6.45) is 5.42. The van der Waals surface area contributed by atoms with Gasteiger partial charge in [0, 0.05) is 12.5 Å². The van der Waals surface area contributed by atoms with Crippen molar-refractivity contribution in [2.75, 3.05) is 6.61 Å². The molecule has 0 aromatic heterocycles. The number of carbonyl (C=O) groups is 1. The molecule has 2 heteroatoms. The first-order chi connectivity index (χ1) is 7.16. The van der Waals surface area contributed by atoms with Gasteiger partial charge in [0.2, 0.25) is 0 Å². The summed E-state index contributed by atoms with van der Waals surface area (Å²) in [6, 6.07) is 0. The van der Waals surface area contributed by atoms with Crippen LogP contribution in [0, 0.1) is 17.8 Å². The van der Waals surface area contributed by atoms with Crippen molar-refractivity contribution in [2.24, 2.45) is 17.8 Å². The topological polar surface area (TPSA) is 26.3 Å². The predicted octanol–water partition coefficient (Wildman–Crippen LogP) is 2.81. The molecule has 0 radical (unpaired) electrons. The molecule has 15 heavy (non-hydrogen) atoms. The molecule has 2 nitrogen and oxygen atoms in total. The second-order valence-corrected chi connectivity index (χ2v) is 5.52. The Kier molecular flexibility index (Phi) is 3.45. The van der Waals surface area contributed by atoms with E-state index < -0.39 is 0 Å². The fourth-order valence-corrected chi connectivity index (χ4v) is 3.24. The maximum atomic E-state index is 12.2. The molecule has 0 amide bonds. The Balaban J connectivity index is 1.93. The monoisotopic (exact) mass is 210 g/mol. The van der Waals surface area contributed by atoms with Crippen LogP contribution < -0.4 is 0 Å². The smallest absolute Gasteiger partial charge is 0.164 e. The lowest BCUT2D eigenvalue weighted by Crippen LogP contribution is -2.33. The molecule has 1 heterocycles. The van der Waals surface area contributed by atoms with E-state index in [1.165, 1.54) is 6.42 Å². The Labute approximate surface area is 92.4 Å². The first-order valence-corrected chi connectivity index (χ1v) is 6.32. The van der Waals surface area contributed by atoms with Crippen LogP contribution in [0.4, 0.5) is 0 Å². The molecule has 3 atom stereocenters. The van der Waals surface area contributed by atoms with E-state index >= 15 is 0 Å². The summed E-state index contributed by atoms with van der Waals surface area (Å²) >= 11 is 0. The van der Waals surface area contributed by atoms with Crippen molar-refractivity contribution in [3.8, 4) is 0 Å². The van der Waals surface area contributed by atoms with Crippen LogP contribution in [0.3, 0.4) is 0 Å². The zero-order chi connectivity index (χ0) is 10.8. The average Bonchev–Trinajstić information content (AvgIpc) is 2.67. The summed E-state index contributed by atoms with van der Waals surface area (Å²) in [5.41, 5.74) is 0. The van der Waals surface area contributed by atoms with E-state index in [0.29, 0.717) is 17.6 Å². The minimum absolute atomic E-state index is 0.0625. The third-order valence-corrected chi connectivity index (χ3v) is 3.83. The predicted molar refractivity (Wildman–Crippen MR) is 59.7 cm³/mol. The van der Waals surface area contributed by atoms with E-state index in [1.54, 1.807) is 0 Å². The van der Waals surface area contributed by atoms with E-state index in [-0.39, 0.29) is 12.0 Å². The van der Waals surface area contributed by atoms with Gasteiger partial charge in [-0.25, -0.2) is 0 Å². The first-order valence-electron chi connectivity index (χ1n) is 6.32. The van der Waals surface area contributed by atoms with Gasteiger partial charge in [-0.2, -0.15) is 0 Å². The van der Waals surface area contributed by atoms with Crippen LogP contribution in [0.5, 0.6) is 0 Å². The zero-order valence-corrected chi connectivity index (χ0v) is 9.87. The molecule has 0 aromatic carbocycles. The maximum absolute atomic E-state index is 12.2. The molecule has 1 aliphatic carbocycles. The molecule has 0 spiro atoms. The van der Waals surface area contributed by atoms with Gasteiger partial charge in [-0.1, -0.05) is 13.8 Å². The van der Waals surface area contributed by atoms with Crippen LogP contribution in [0.25, 0.3) is 0 Å². The molecular formula is C13H22O2. The van der Waals surface area contributed by atoms with Crippen LogP contribution in [0.1, 0.15) is 46.0 Å². The number of hydrogen-bond donors (Lipinski definition) is 0. The Morgan fingerprint density at radius 2 is 1.80 bits per heavy atom. The van der Waals surface area contributed by atoms with Gasteiger partial charge in [0.05, 0.1) is 0 Å². The van der Waals surface area contributed by atoms with Crippen molar-refractivity contribution in [1.82, 2.24) is 0 Å². The Bertz CT molecular complexity index is 221. The molecule has 0 aromatic rings. The molecule has 1 aliphatic heterocycles. The van der Waals surface area contributed by atoms with Gasteiger partial charge < -0.3 is 4.74 Å². The van der Waals surface area contributed by atoms with Gasteiger partial charge >= 0.3 is 0 Å². The fourth-order valence-electron chi connectivity index (χ4n) is 3.24. The fraction of sp³-hybridized carbons (Fsp3) is 0.923. The molecule has 0 N–H and O–H groups in total.